The summed E-state index contributed by atoms with van der Waals surface area (Å²) in [5.74, 6) is -0.0754. The Morgan fingerprint density at radius 2 is 1.33 bits per heavy atom. The predicted molar refractivity (Wildman–Crippen MR) is 230 cm³/mol. The Labute approximate surface area is 320 Å². The molecule has 2 amide bonds. The van der Waals surface area contributed by atoms with Gasteiger partial charge in [-0.05, 0) is 99.0 Å². The number of anilines is 2. The molecule has 0 unspecified atom stereocenters. The minimum Gasteiger partial charge on any atom is -0.388 e. The maximum atomic E-state index is 13.3. The lowest BCUT2D eigenvalue weighted by Gasteiger charge is -2.24. The summed E-state index contributed by atoms with van der Waals surface area (Å²) >= 11 is 0. The van der Waals surface area contributed by atoms with Crippen LogP contribution in [0.4, 0.5) is 11.4 Å². The molecule has 2 heterocycles. The Hall–Kier alpha value is -3.32. The number of unbranched alkanes of at least 4 members (excludes halogenated alkanes) is 2. The third kappa shape index (κ3) is 17.0. The van der Waals surface area contributed by atoms with Gasteiger partial charge < -0.3 is 25.0 Å². The maximum Gasteiger partial charge on any atom is 0.272 e. The molecule has 2 aromatic carbocycles. The molecular weight excluding hydrogens is 643 g/mol. The number of aromatic nitrogens is 1. The number of carbonyl (C=O) groups excluding carboxylic acids is 2. The molecule has 0 spiro atoms. The van der Waals surface area contributed by atoms with Gasteiger partial charge in [0, 0.05) is 43.9 Å². The molecule has 0 atom stereocenters. The van der Waals surface area contributed by atoms with E-state index in [2.05, 4.69) is 129 Å². The number of carbonyl (C=O) groups is 2. The molecule has 7 nitrogen and oxygen atoms in total. The van der Waals surface area contributed by atoms with Gasteiger partial charge in [0.15, 0.2) is 0 Å². The highest BCUT2D eigenvalue weighted by atomic mass is 16.2. The van der Waals surface area contributed by atoms with Crippen molar-refractivity contribution in [1.29, 1.82) is 0 Å². The lowest BCUT2D eigenvalue weighted by molar-refractivity contribution is -0.118. The van der Waals surface area contributed by atoms with Crippen LogP contribution in [0.2, 0.25) is 0 Å². The van der Waals surface area contributed by atoms with Gasteiger partial charge in [-0.1, -0.05) is 120 Å². The molecule has 1 aliphatic rings. The van der Waals surface area contributed by atoms with Crippen molar-refractivity contribution in [2.24, 2.45) is 7.05 Å². The first-order chi connectivity index (χ1) is 24.8. The highest BCUT2D eigenvalue weighted by Crippen LogP contribution is 2.34. The van der Waals surface area contributed by atoms with E-state index in [1.54, 1.807) is 4.90 Å². The standard InChI is InChI=1S/C25H33N3O.C7H15NO.C5H11N.2C4H10/c1-8-16-11-10-12-17-13-22(28(7)23(16)17)24(29)27-21-15-18(25(3,4)5)14-20(26-6)19(21)9-2;1-3-5-8(7-9)6-4-2;1-6-4-2-3-5-6;2*1-3-4-2/h10-15,26H,8-9H2,1-7H3,(H,27,29);7H,3-6H2,1-2H3;2-5H2,1H3;2*3-4H2,1-2H3. The summed E-state index contributed by atoms with van der Waals surface area (Å²) < 4.78 is 2.02. The molecule has 52 heavy (non-hydrogen) atoms. The van der Waals surface area contributed by atoms with E-state index in [0.717, 1.165) is 73.0 Å². The van der Waals surface area contributed by atoms with Crippen molar-refractivity contribution >= 4 is 34.6 Å². The first-order valence-electron chi connectivity index (χ1n) is 20.4. The van der Waals surface area contributed by atoms with Gasteiger partial charge in [0.05, 0.1) is 5.52 Å². The summed E-state index contributed by atoms with van der Waals surface area (Å²) in [4.78, 5) is 27.7. The Bertz CT molecular complexity index is 1380. The van der Waals surface area contributed by atoms with Crippen LogP contribution in [-0.2, 0) is 30.1 Å². The van der Waals surface area contributed by atoms with E-state index in [4.69, 9.17) is 0 Å². The number of likely N-dealkylation sites (tertiary alicyclic amines) is 1. The first-order valence-corrected chi connectivity index (χ1v) is 20.4. The zero-order valence-corrected chi connectivity index (χ0v) is 36.1. The van der Waals surface area contributed by atoms with Crippen molar-refractivity contribution < 1.29 is 9.59 Å². The largest absolute Gasteiger partial charge is 0.388 e. The molecule has 3 aromatic rings. The van der Waals surface area contributed by atoms with Crippen molar-refractivity contribution in [3.8, 4) is 0 Å². The summed E-state index contributed by atoms with van der Waals surface area (Å²) in [6.07, 6.45) is 12.9. The number of hydrogen-bond acceptors (Lipinski definition) is 4. The highest BCUT2D eigenvalue weighted by molar-refractivity contribution is 6.07. The van der Waals surface area contributed by atoms with Gasteiger partial charge >= 0.3 is 0 Å². The topological polar surface area (TPSA) is 69.6 Å². The van der Waals surface area contributed by atoms with E-state index in [1.807, 2.05) is 24.7 Å². The van der Waals surface area contributed by atoms with Crippen molar-refractivity contribution in [2.45, 2.75) is 146 Å². The normalized spacial score (nSPS) is 12.2. The van der Waals surface area contributed by atoms with Crippen LogP contribution >= 0.6 is 0 Å². The van der Waals surface area contributed by atoms with Crippen LogP contribution in [0.3, 0.4) is 0 Å². The van der Waals surface area contributed by atoms with Gasteiger partial charge in [0.1, 0.15) is 5.69 Å². The number of aryl methyl sites for hydroxylation is 2. The third-order valence-corrected chi connectivity index (χ3v) is 9.24. The number of amides is 2. The number of fused-ring (bicyclic) bond motifs is 1. The molecule has 1 saturated heterocycles. The summed E-state index contributed by atoms with van der Waals surface area (Å²) in [5, 5.41) is 7.61. The summed E-state index contributed by atoms with van der Waals surface area (Å²) in [6.45, 7) is 28.1. The van der Waals surface area contributed by atoms with Crippen LogP contribution in [0.5, 0.6) is 0 Å². The second kappa shape index (κ2) is 27.3. The summed E-state index contributed by atoms with van der Waals surface area (Å²) in [7, 11) is 6.08. The van der Waals surface area contributed by atoms with Crippen LogP contribution in [-0.4, -0.2) is 67.0 Å². The van der Waals surface area contributed by atoms with Crippen LogP contribution in [0.1, 0.15) is 155 Å². The van der Waals surface area contributed by atoms with Crippen molar-refractivity contribution in [1.82, 2.24) is 14.4 Å². The Morgan fingerprint density at radius 1 is 0.788 bits per heavy atom. The first kappa shape index (κ1) is 48.7. The van der Waals surface area contributed by atoms with E-state index >= 15 is 0 Å². The average Bonchev–Trinajstić information content (AvgIpc) is 3.77. The van der Waals surface area contributed by atoms with E-state index in [0.29, 0.717) is 5.69 Å². The lowest BCUT2D eigenvalue weighted by atomic mass is 9.85. The Balaban J connectivity index is 0.000000913. The smallest absolute Gasteiger partial charge is 0.272 e. The van der Waals surface area contributed by atoms with Gasteiger partial charge in [-0.25, -0.2) is 0 Å². The average molecular weight is 722 g/mol. The molecule has 1 fully saturated rings. The third-order valence-electron chi connectivity index (χ3n) is 9.24. The zero-order valence-electron chi connectivity index (χ0n) is 36.1. The van der Waals surface area contributed by atoms with Crippen LogP contribution in [0.15, 0.2) is 36.4 Å². The fraction of sp³-hybridized carbons (Fsp3) is 0.644. The Kier molecular flexibility index (Phi) is 25.6. The number of nitrogens with zero attached hydrogens (tertiary/aromatic N) is 3. The van der Waals surface area contributed by atoms with Crippen LogP contribution < -0.4 is 10.6 Å². The molecule has 296 valence electrons. The fourth-order valence-electron chi connectivity index (χ4n) is 5.68. The molecule has 4 rings (SSSR count). The number of benzene rings is 2. The predicted octanol–water partition coefficient (Wildman–Crippen LogP) is 11.5. The second-order valence-electron chi connectivity index (χ2n) is 14.8. The van der Waals surface area contributed by atoms with Gasteiger partial charge in [-0.3, -0.25) is 9.59 Å². The monoisotopic (exact) mass is 722 g/mol. The molecule has 1 aromatic heterocycles. The minimum atomic E-state index is -0.0754. The number of para-hydroxylation sites is 1. The Morgan fingerprint density at radius 3 is 1.71 bits per heavy atom. The molecule has 0 radical (unpaired) electrons. The maximum absolute atomic E-state index is 13.3. The van der Waals surface area contributed by atoms with Crippen molar-refractivity contribution in [2.75, 3.05) is 50.9 Å². The summed E-state index contributed by atoms with van der Waals surface area (Å²) in [5.41, 5.74) is 7.33. The highest BCUT2D eigenvalue weighted by Gasteiger charge is 2.21. The molecule has 1 aliphatic heterocycles. The second-order valence-corrected chi connectivity index (χ2v) is 14.8. The molecule has 0 saturated carbocycles. The SMILES string of the molecule is CCCC.CCCC.CCCN(C=O)CCC.CCc1c(NC)cc(C(C)(C)C)cc1NC(=O)c1cc2cccc(CC)c2n1C.CN1CCCC1. The number of hydrogen-bond donors (Lipinski definition) is 2. The van der Waals surface area contributed by atoms with E-state index in [1.165, 1.54) is 62.7 Å². The molecule has 0 bridgehead atoms. The minimum absolute atomic E-state index is 0.00691. The quantitative estimate of drug-likeness (QED) is 0.183. The van der Waals surface area contributed by atoms with Crippen molar-refractivity contribution in [3.05, 3.63) is 58.8 Å². The molecule has 7 heteroatoms. The van der Waals surface area contributed by atoms with Gasteiger partial charge in [-0.15, -0.1) is 0 Å². The molecular formula is C45H79N5O2. The summed E-state index contributed by atoms with van der Waals surface area (Å²) in [6, 6.07) is 12.6. The molecule has 0 aliphatic carbocycles. The number of nitrogens with one attached hydrogen (secondary N) is 2. The van der Waals surface area contributed by atoms with Crippen molar-refractivity contribution in [3.63, 3.8) is 0 Å². The fourth-order valence-corrected chi connectivity index (χ4v) is 5.68. The van der Waals surface area contributed by atoms with Crippen LogP contribution in [0.25, 0.3) is 10.9 Å². The van der Waals surface area contributed by atoms with E-state index < -0.39 is 0 Å². The number of rotatable bonds is 12. The van der Waals surface area contributed by atoms with Gasteiger partial charge in [0.2, 0.25) is 6.41 Å². The lowest BCUT2D eigenvalue weighted by Crippen LogP contribution is -2.23. The van der Waals surface area contributed by atoms with Crippen LogP contribution in [0, 0.1) is 0 Å². The van der Waals surface area contributed by atoms with E-state index in [9.17, 15) is 9.59 Å². The zero-order chi connectivity index (χ0) is 39.7. The van der Waals surface area contributed by atoms with E-state index in [-0.39, 0.29) is 11.3 Å². The molecule has 2 N–H and O–H groups in total. The van der Waals surface area contributed by atoms with Gasteiger partial charge in [0.25, 0.3) is 5.91 Å². The van der Waals surface area contributed by atoms with Gasteiger partial charge in [-0.2, -0.15) is 0 Å².